The number of likely N-dealkylation sites (N-methyl/N-ethyl adjacent to an activating group) is 1. The number of thiophene rings is 1. The molecule has 110 valence electrons. The highest BCUT2D eigenvalue weighted by atomic mass is 32.1. The second kappa shape index (κ2) is 6.90. The molecular formula is C15H17N3O2S. The third-order valence-electron chi connectivity index (χ3n) is 2.83. The zero-order valence-corrected chi connectivity index (χ0v) is 12.7. The third kappa shape index (κ3) is 4.32. The molecule has 21 heavy (non-hydrogen) atoms. The van der Waals surface area contributed by atoms with Crippen LogP contribution < -0.4 is 10.6 Å². The first kappa shape index (κ1) is 15.1. The minimum atomic E-state index is -0.395. The molecule has 0 fully saturated rings. The van der Waals surface area contributed by atoms with Gasteiger partial charge in [-0.05, 0) is 29.1 Å². The van der Waals surface area contributed by atoms with E-state index < -0.39 is 6.03 Å². The number of anilines is 1. The summed E-state index contributed by atoms with van der Waals surface area (Å²) in [6.45, 7) is -0.0244. The first-order valence-electron chi connectivity index (χ1n) is 6.45. The summed E-state index contributed by atoms with van der Waals surface area (Å²) in [7, 11) is 3.29. The number of nitrogens with zero attached hydrogens (tertiary/aromatic N) is 1. The lowest BCUT2D eigenvalue weighted by Gasteiger charge is -2.12. The van der Waals surface area contributed by atoms with Crippen LogP contribution in [0, 0.1) is 0 Å². The normalized spacial score (nSPS) is 10.0. The zero-order chi connectivity index (χ0) is 15.2. The molecule has 0 radical (unpaired) electrons. The molecule has 0 aliphatic carbocycles. The van der Waals surface area contributed by atoms with Gasteiger partial charge < -0.3 is 15.5 Å². The number of benzene rings is 1. The summed E-state index contributed by atoms with van der Waals surface area (Å²) in [5.74, 6) is -0.155. The van der Waals surface area contributed by atoms with Crippen LogP contribution in [-0.2, 0) is 4.79 Å². The fourth-order valence-electron chi connectivity index (χ4n) is 1.68. The molecule has 3 amide bonds. The van der Waals surface area contributed by atoms with E-state index >= 15 is 0 Å². The van der Waals surface area contributed by atoms with Crippen molar-refractivity contribution >= 4 is 29.0 Å². The molecule has 0 spiro atoms. The monoisotopic (exact) mass is 303 g/mol. The van der Waals surface area contributed by atoms with E-state index in [4.69, 9.17) is 0 Å². The van der Waals surface area contributed by atoms with Crippen molar-refractivity contribution in [2.45, 2.75) is 0 Å². The molecular weight excluding hydrogens is 286 g/mol. The molecule has 1 aromatic carbocycles. The Balaban J connectivity index is 1.95. The molecule has 0 aliphatic heterocycles. The Kier molecular flexibility index (Phi) is 4.94. The molecule has 0 saturated heterocycles. The molecule has 5 nitrogen and oxygen atoms in total. The predicted molar refractivity (Wildman–Crippen MR) is 85.5 cm³/mol. The van der Waals surface area contributed by atoms with Crippen molar-refractivity contribution in [2.75, 3.05) is 26.0 Å². The molecule has 1 heterocycles. The van der Waals surface area contributed by atoms with Crippen LogP contribution >= 0.6 is 11.3 Å². The molecule has 0 unspecified atom stereocenters. The predicted octanol–water partition coefficient (Wildman–Crippen LogP) is 2.62. The lowest BCUT2D eigenvalue weighted by molar-refractivity contribution is -0.127. The molecule has 2 N–H and O–H groups in total. The molecule has 0 aliphatic rings. The lowest BCUT2D eigenvalue weighted by atomic mass is 10.1. The van der Waals surface area contributed by atoms with E-state index in [0.717, 1.165) is 10.4 Å². The van der Waals surface area contributed by atoms with Crippen LogP contribution in [0.2, 0.25) is 0 Å². The summed E-state index contributed by atoms with van der Waals surface area (Å²) in [4.78, 5) is 25.7. The Morgan fingerprint density at radius 3 is 2.67 bits per heavy atom. The van der Waals surface area contributed by atoms with Crippen molar-refractivity contribution in [1.29, 1.82) is 0 Å². The van der Waals surface area contributed by atoms with Crippen molar-refractivity contribution in [3.8, 4) is 10.4 Å². The summed E-state index contributed by atoms with van der Waals surface area (Å²) < 4.78 is 0. The Bertz CT molecular complexity index is 624. The Hall–Kier alpha value is -2.34. The summed E-state index contributed by atoms with van der Waals surface area (Å²) in [5, 5.41) is 7.26. The fraction of sp³-hybridized carbons (Fsp3) is 0.200. The van der Waals surface area contributed by atoms with Gasteiger partial charge in [0.05, 0.1) is 6.54 Å². The van der Waals surface area contributed by atoms with Crippen molar-refractivity contribution in [1.82, 2.24) is 10.2 Å². The van der Waals surface area contributed by atoms with E-state index in [2.05, 4.69) is 10.6 Å². The fourth-order valence-corrected chi connectivity index (χ4v) is 2.41. The molecule has 0 bridgehead atoms. The Morgan fingerprint density at radius 2 is 2.00 bits per heavy atom. The van der Waals surface area contributed by atoms with Gasteiger partial charge in [-0.15, -0.1) is 11.3 Å². The summed E-state index contributed by atoms with van der Waals surface area (Å²) in [6, 6.07) is 11.2. The number of carbonyl (C=O) groups is 2. The van der Waals surface area contributed by atoms with Gasteiger partial charge in [0.1, 0.15) is 0 Å². The topological polar surface area (TPSA) is 61.4 Å². The van der Waals surface area contributed by atoms with Crippen LogP contribution in [0.25, 0.3) is 10.4 Å². The number of hydrogen-bond donors (Lipinski definition) is 2. The highest BCUT2D eigenvalue weighted by molar-refractivity contribution is 7.13. The smallest absolute Gasteiger partial charge is 0.319 e. The van der Waals surface area contributed by atoms with Crippen LogP contribution in [0.3, 0.4) is 0 Å². The largest absolute Gasteiger partial charge is 0.347 e. The number of hydrogen-bond acceptors (Lipinski definition) is 3. The van der Waals surface area contributed by atoms with E-state index in [0.29, 0.717) is 5.69 Å². The lowest BCUT2D eigenvalue weighted by Crippen LogP contribution is -2.38. The van der Waals surface area contributed by atoms with Gasteiger partial charge in [0.2, 0.25) is 5.91 Å². The third-order valence-corrected chi connectivity index (χ3v) is 3.74. The van der Waals surface area contributed by atoms with E-state index in [1.54, 1.807) is 25.4 Å². The maximum absolute atomic E-state index is 11.7. The van der Waals surface area contributed by atoms with Gasteiger partial charge in [-0.3, -0.25) is 4.79 Å². The van der Waals surface area contributed by atoms with Gasteiger partial charge in [0.15, 0.2) is 0 Å². The molecule has 6 heteroatoms. The number of nitrogens with one attached hydrogen (secondary N) is 2. The van der Waals surface area contributed by atoms with Crippen molar-refractivity contribution in [2.24, 2.45) is 0 Å². The van der Waals surface area contributed by atoms with E-state index in [1.165, 1.54) is 4.90 Å². The second-order valence-electron chi connectivity index (χ2n) is 4.65. The number of carbonyl (C=O) groups excluding carboxylic acids is 2. The quantitative estimate of drug-likeness (QED) is 0.912. The summed E-state index contributed by atoms with van der Waals surface area (Å²) >= 11 is 1.64. The number of amides is 3. The van der Waals surface area contributed by atoms with Gasteiger partial charge >= 0.3 is 6.03 Å². The highest BCUT2D eigenvalue weighted by Gasteiger charge is 2.07. The summed E-state index contributed by atoms with van der Waals surface area (Å²) in [6.07, 6.45) is 0. The van der Waals surface area contributed by atoms with Gasteiger partial charge in [0, 0.05) is 24.7 Å². The maximum Gasteiger partial charge on any atom is 0.319 e. The van der Waals surface area contributed by atoms with Crippen molar-refractivity contribution in [3.05, 3.63) is 41.8 Å². The Labute approximate surface area is 127 Å². The zero-order valence-electron chi connectivity index (χ0n) is 11.9. The molecule has 2 aromatic rings. The van der Waals surface area contributed by atoms with E-state index in [1.807, 2.05) is 41.8 Å². The average molecular weight is 303 g/mol. The molecule has 0 saturated carbocycles. The number of urea groups is 1. The SMILES string of the molecule is CN(C)C(=O)CNC(=O)Nc1cccc(-c2cccs2)c1. The van der Waals surface area contributed by atoms with Crippen molar-refractivity contribution < 1.29 is 9.59 Å². The van der Waals surface area contributed by atoms with Gasteiger partial charge in [-0.1, -0.05) is 18.2 Å². The second-order valence-corrected chi connectivity index (χ2v) is 5.60. The molecule has 2 rings (SSSR count). The van der Waals surface area contributed by atoms with Crippen LogP contribution in [0.1, 0.15) is 0 Å². The highest BCUT2D eigenvalue weighted by Crippen LogP contribution is 2.26. The van der Waals surface area contributed by atoms with Crippen LogP contribution in [0.4, 0.5) is 10.5 Å². The number of rotatable bonds is 4. The molecule has 0 atom stereocenters. The van der Waals surface area contributed by atoms with E-state index in [9.17, 15) is 9.59 Å². The van der Waals surface area contributed by atoms with Crippen LogP contribution in [0.15, 0.2) is 41.8 Å². The maximum atomic E-state index is 11.7. The van der Waals surface area contributed by atoms with Crippen LogP contribution in [-0.4, -0.2) is 37.5 Å². The standard InChI is InChI=1S/C15H17N3O2S/c1-18(2)14(19)10-16-15(20)17-12-6-3-5-11(9-12)13-7-4-8-21-13/h3-9H,10H2,1-2H3,(H2,16,17,20). The average Bonchev–Trinajstić information content (AvgIpc) is 2.99. The minimum Gasteiger partial charge on any atom is -0.347 e. The summed E-state index contributed by atoms with van der Waals surface area (Å²) in [5.41, 5.74) is 1.74. The van der Waals surface area contributed by atoms with Gasteiger partial charge in [-0.25, -0.2) is 4.79 Å². The first-order valence-corrected chi connectivity index (χ1v) is 7.33. The minimum absolute atomic E-state index is 0.0244. The van der Waals surface area contributed by atoms with Gasteiger partial charge in [0.25, 0.3) is 0 Å². The first-order chi connectivity index (χ1) is 10.1. The van der Waals surface area contributed by atoms with Crippen molar-refractivity contribution in [3.63, 3.8) is 0 Å². The van der Waals surface area contributed by atoms with E-state index in [-0.39, 0.29) is 12.5 Å². The molecule has 1 aromatic heterocycles. The van der Waals surface area contributed by atoms with Crippen LogP contribution in [0.5, 0.6) is 0 Å². The Morgan fingerprint density at radius 1 is 1.19 bits per heavy atom. The van der Waals surface area contributed by atoms with Gasteiger partial charge in [-0.2, -0.15) is 0 Å².